The second kappa shape index (κ2) is 12.5. The normalized spacial score (nSPS) is 12.0. The van der Waals surface area contributed by atoms with Gasteiger partial charge in [0, 0.05) is 4.47 Å². The molecule has 2 N–H and O–H groups in total. The third kappa shape index (κ3) is 7.07. The minimum Gasteiger partial charge on any atom is -0.497 e. The van der Waals surface area contributed by atoms with Gasteiger partial charge in [0.15, 0.2) is 0 Å². The zero-order valence-corrected chi connectivity index (χ0v) is 21.3. The number of rotatable bonds is 10. The summed E-state index contributed by atoms with van der Waals surface area (Å²) in [5.74, 6) is -4.18. The van der Waals surface area contributed by atoms with Gasteiger partial charge in [0.2, 0.25) is 12.2 Å². The highest BCUT2D eigenvalue weighted by Crippen LogP contribution is 2.23. The summed E-state index contributed by atoms with van der Waals surface area (Å²) >= 11 is 3.28. The molecule has 0 aliphatic heterocycles. The van der Waals surface area contributed by atoms with E-state index < -0.39 is 36.0 Å². The molecule has 2 atom stereocenters. The average molecular weight is 572 g/mol. The van der Waals surface area contributed by atoms with Crippen LogP contribution in [-0.4, -0.2) is 55.3 Å². The van der Waals surface area contributed by atoms with Gasteiger partial charge in [-0.05, 0) is 64.5 Å². The monoisotopic (exact) mass is 571 g/mol. The van der Waals surface area contributed by atoms with Crippen molar-refractivity contribution in [1.29, 1.82) is 0 Å². The maximum absolute atomic E-state index is 13.2. The first-order valence-electron chi connectivity index (χ1n) is 10.7. The Kier molecular flexibility index (Phi) is 9.22. The number of carboxylic acid groups (broad SMARTS) is 1. The zero-order valence-electron chi connectivity index (χ0n) is 19.7. The van der Waals surface area contributed by atoms with E-state index in [1.54, 1.807) is 36.4 Å². The Labute approximate surface area is 220 Å². The molecule has 3 aromatic carbocycles. The van der Waals surface area contributed by atoms with Crippen LogP contribution in [0.3, 0.4) is 0 Å². The molecule has 3 rings (SSSR count). The van der Waals surface area contributed by atoms with Gasteiger partial charge in [-0.3, -0.25) is 4.79 Å². The van der Waals surface area contributed by atoms with Crippen molar-refractivity contribution in [2.45, 2.75) is 12.2 Å². The minimum absolute atomic E-state index is 0.0127. The fraction of sp³-hybridized carbons (Fsp3) is 0.154. The zero-order chi connectivity index (χ0) is 26.9. The smallest absolute Gasteiger partial charge is 0.349 e. The molecule has 37 heavy (non-hydrogen) atoms. The number of benzene rings is 3. The van der Waals surface area contributed by atoms with Crippen molar-refractivity contribution in [3.8, 4) is 11.5 Å². The molecule has 0 bridgehead atoms. The fourth-order valence-corrected chi connectivity index (χ4v) is 3.51. The van der Waals surface area contributed by atoms with Crippen LogP contribution < -0.4 is 14.8 Å². The Bertz CT molecular complexity index is 1310. The van der Waals surface area contributed by atoms with Crippen molar-refractivity contribution in [3.63, 3.8) is 0 Å². The number of carbonyl (C=O) groups excluding carboxylic acids is 3. The van der Waals surface area contributed by atoms with E-state index in [0.717, 1.165) is 0 Å². The van der Waals surface area contributed by atoms with Crippen LogP contribution in [0.4, 0.5) is 5.69 Å². The number of aliphatic carboxylic acids is 1. The second-order valence-corrected chi connectivity index (χ2v) is 8.28. The lowest BCUT2D eigenvalue weighted by Crippen LogP contribution is -2.48. The molecule has 11 heteroatoms. The molecule has 0 aliphatic carbocycles. The van der Waals surface area contributed by atoms with Gasteiger partial charge in [-0.15, -0.1) is 0 Å². The van der Waals surface area contributed by atoms with Crippen LogP contribution in [0.15, 0.2) is 77.3 Å². The molecular weight excluding hydrogens is 550 g/mol. The van der Waals surface area contributed by atoms with Gasteiger partial charge in [0.25, 0.3) is 5.91 Å². The molecule has 1 amide bonds. The van der Waals surface area contributed by atoms with Gasteiger partial charge < -0.3 is 29.4 Å². The molecule has 0 spiro atoms. The molecule has 0 heterocycles. The van der Waals surface area contributed by atoms with E-state index in [0.29, 0.717) is 16.0 Å². The van der Waals surface area contributed by atoms with Crippen molar-refractivity contribution in [2.24, 2.45) is 0 Å². The molecule has 3 aromatic rings. The lowest BCUT2D eigenvalue weighted by Gasteiger charge is -2.24. The summed E-state index contributed by atoms with van der Waals surface area (Å²) in [6.45, 7) is 0. The van der Waals surface area contributed by atoms with Gasteiger partial charge >= 0.3 is 17.9 Å². The molecule has 0 saturated carbocycles. The van der Waals surface area contributed by atoms with Crippen LogP contribution in [0.2, 0.25) is 0 Å². The van der Waals surface area contributed by atoms with E-state index >= 15 is 0 Å². The van der Waals surface area contributed by atoms with E-state index in [9.17, 15) is 24.3 Å². The lowest BCUT2D eigenvalue weighted by molar-refractivity contribution is -0.157. The number of halogens is 1. The number of amides is 1. The Morgan fingerprint density at radius 2 is 1.27 bits per heavy atom. The van der Waals surface area contributed by atoms with Crippen molar-refractivity contribution in [1.82, 2.24) is 0 Å². The third-order valence-electron chi connectivity index (χ3n) is 4.99. The predicted octanol–water partition coefficient (Wildman–Crippen LogP) is 3.94. The summed E-state index contributed by atoms with van der Waals surface area (Å²) < 4.78 is 21.1. The number of carbonyl (C=O) groups is 4. The number of para-hydroxylation sites is 1. The molecule has 0 fully saturated rings. The Hall–Kier alpha value is -4.38. The number of esters is 2. The summed E-state index contributed by atoms with van der Waals surface area (Å²) in [4.78, 5) is 51.0. The first-order valence-corrected chi connectivity index (χ1v) is 11.5. The standard InChI is InChI=1S/C26H22BrNO9/c1-34-17-9-5-7-15(13-17)25(32)36-21(23(29)28-20-12-4-3-11-19(20)27)22(24(30)31)37-26(33)16-8-6-10-18(14-16)35-2/h3-14,21-22H,1-2H3,(H,28,29)(H,30,31)/t21-,22+/m1/s1. The van der Waals surface area contributed by atoms with Gasteiger partial charge in [-0.2, -0.15) is 0 Å². The number of anilines is 1. The van der Waals surface area contributed by atoms with E-state index in [-0.39, 0.29) is 16.8 Å². The summed E-state index contributed by atoms with van der Waals surface area (Å²) in [6, 6.07) is 18.2. The molecule has 192 valence electrons. The average Bonchev–Trinajstić information content (AvgIpc) is 2.91. The van der Waals surface area contributed by atoms with Crippen LogP contribution in [0.25, 0.3) is 0 Å². The maximum Gasteiger partial charge on any atom is 0.349 e. The quantitative estimate of drug-likeness (QED) is 0.346. The predicted molar refractivity (Wildman–Crippen MR) is 135 cm³/mol. The first-order chi connectivity index (χ1) is 17.7. The van der Waals surface area contributed by atoms with Crippen LogP contribution in [0.5, 0.6) is 11.5 Å². The number of carboxylic acids is 1. The third-order valence-corrected chi connectivity index (χ3v) is 5.68. The summed E-state index contributed by atoms with van der Waals surface area (Å²) in [6.07, 6.45) is -4.24. The number of nitrogens with one attached hydrogen (secondary N) is 1. The van der Waals surface area contributed by atoms with Gasteiger partial charge in [0.05, 0.1) is 31.0 Å². The van der Waals surface area contributed by atoms with Crippen LogP contribution in [0.1, 0.15) is 20.7 Å². The Morgan fingerprint density at radius 1 is 0.757 bits per heavy atom. The Balaban J connectivity index is 1.94. The van der Waals surface area contributed by atoms with Crippen molar-refractivity contribution in [3.05, 3.63) is 88.4 Å². The molecule has 0 radical (unpaired) electrons. The van der Waals surface area contributed by atoms with Crippen molar-refractivity contribution in [2.75, 3.05) is 19.5 Å². The largest absolute Gasteiger partial charge is 0.497 e. The highest BCUT2D eigenvalue weighted by molar-refractivity contribution is 9.10. The molecule has 0 aromatic heterocycles. The summed E-state index contributed by atoms with van der Waals surface area (Å²) in [7, 11) is 2.79. The van der Waals surface area contributed by atoms with Gasteiger partial charge in [-0.25, -0.2) is 14.4 Å². The number of hydrogen-bond acceptors (Lipinski definition) is 8. The topological polar surface area (TPSA) is 137 Å². The van der Waals surface area contributed by atoms with Crippen molar-refractivity contribution >= 4 is 45.4 Å². The van der Waals surface area contributed by atoms with Crippen molar-refractivity contribution < 1.29 is 43.2 Å². The van der Waals surface area contributed by atoms with E-state index in [1.807, 2.05) is 0 Å². The van der Waals surface area contributed by atoms with E-state index in [4.69, 9.17) is 18.9 Å². The molecule has 0 saturated heterocycles. The summed E-state index contributed by atoms with van der Waals surface area (Å²) in [5.41, 5.74) is 0.231. The summed E-state index contributed by atoms with van der Waals surface area (Å²) in [5, 5.41) is 12.4. The van der Waals surface area contributed by atoms with E-state index in [2.05, 4.69) is 21.2 Å². The molecular formula is C26H22BrNO9. The van der Waals surface area contributed by atoms with Crippen LogP contribution in [-0.2, 0) is 19.1 Å². The first kappa shape index (κ1) is 27.2. The van der Waals surface area contributed by atoms with Gasteiger partial charge in [-0.1, -0.05) is 24.3 Å². The molecule has 0 unspecified atom stereocenters. The lowest BCUT2D eigenvalue weighted by atomic mass is 10.1. The number of ether oxygens (including phenoxy) is 4. The number of hydrogen-bond donors (Lipinski definition) is 2. The van der Waals surface area contributed by atoms with E-state index in [1.165, 1.54) is 50.6 Å². The second-order valence-electron chi connectivity index (χ2n) is 7.42. The molecule has 10 nitrogen and oxygen atoms in total. The Morgan fingerprint density at radius 3 is 1.76 bits per heavy atom. The van der Waals surface area contributed by atoms with Crippen LogP contribution >= 0.6 is 15.9 Å². The number of methoxy groups -OCH3 is 2. The molecule has 0 aliphatic rings. The fourth-order valence-electron chi connectivity index (χ4n) is 3.13. The highest BCUT2D eigenvalue weighted by atomic mass is 79.9. The van der Waals surface area contributed by atoms with Crippen LogP contribution in [0, 0.1) is 0 Å². The minimum atomic E-state index is -2.18. The van der Waals surface area contributed by atoms with Gasteiger partial charge in [0.1, 0.15) is 11.5 Å². The highest BCUT2D eigenvalue weighted by Gasteiger charge is 2.41. The maximum atomic E-state index is 13.2. The SMILES string of the molecule is COc1cccc(C(=O)O[C@H](C(=O)O)[C@@H](OC(=O)c2cccc(OC)c2)C(=O)Nc2ccccc2Br)c1.